The van der Waals surface area contributed by atoms with Crippen LogP contribution in [0.2, 0.25) is 0 Å². The number of carbonyl (C=O) groups is 1. The van der Waals surface area contributed by atoms with Gasteiger partial charge in [0.2, 0.25) is 17.6 Å². The average Bonchev–Trinajstić information content (AvgIpc) is 3.61. The molecule has 35 heavy (non-hydrogen) atoms. The number of sulfone groups is 1. The molecule has 9 nitrogen and oxygen atoms in total. The summed E-state index contributed by atoms with van der Waals surface area (Å²) in [5.41, 5.74) is 1.63. The average molecular weight is 496 g/mol. The molecule has 1 aromatic carbocycles. The molecule has 3 heterocycles. The lowest BCUT2D eigenvalue weighted by atomic mass is 10.1. The maximum atomic E-state index is 12.8. The highest BCUT2D eigenvalue weighted by molar-refractivity contribution is 7.92. The molecule has 0 atom stereocenters. The summed E-state index contributed by atoms with van der Waals surface area (Å²) >= 11 is 0. The van der Waals surface area contributed by atoms with E-state index in [-0.39, 0.29) is 12.3 Å². The zero-order valence-corrected chi connectivity index (χ0v) is 20.7. The van der Waals surface area contributed by atoms with E-state index in [0.29, 0.717) is 48.7 Å². The van der Waals surface area contributed by atoms with E-state index >= 15 is 0 Å². The number of amides is 1. The smallest absolute Gasteiger partial charge is 0.230 e. The first-order valence-electron chi connectivity index (χ1n) is 12.0. The van der Waals surface area contributed by atoms with E-state index in [1.165, 1.54) is 0 Å². The Bertz CT molecular complexity index is 1290. The molecule has 5 rings (SSSR count). The number of nitrogens with zero attached hydrogens (tertiary/aromatic N) is 5. The molecule has 1 aliphatic carbocycles. The highest BCUT2D eigenvalue weighted by atomic mass is 32.2. The Balaban J connectivity index is 1.14. The van der Waals surface area contributed by atoms with Crippen LogP contribution in [0.25, 0.3) is 11.4 Å². The Labute approximate surface area is 205 Å². The van der Waals surface area contributed by atoms with Crippen molar-refractivity contribution in [2.45, 2.75) is 49.2 Å². The van der Waals surface area contributed by atoms with Crippen molar-refractivity contribution in [2.75, 3.05) is 31.1 Å². The Morgan fingerprint density at radius 1 is 1.06 bits per heavy atom. The van der Waals surface area contributed by atoms with Gasteiger partial charge in [0, 0.05) is 43.9 Å². The van der Waals surface area contributed by atoms with Gasteiger partial charge < -0.3 is 14.3 Å². The number of piperazine rings is 1. The summed E-state index contributed by atoms with van der Waals surface area (Å²) in [6.07, 6.45) is 4.24. The third-order valence-corrected chi connectivity index (χ3v) is 8.73. The Kier molecular flexibility index (Phi) is 6.31. The van der Waals surface area contributed by atoms with E-state index < -0.39 is 15.1 Å². The Morgan fingerprint density at radius 3 is 2.37 bits per heavy atom. The van der Waals surface area contributed by atoms with Crippen molar-refractivity contribution in [3.63, 3.8) is 0 Å². The van der Waals surface area contributed by atoms with E-state index in [1.807, 2.05) is 17.0 Å². The monoisotopic (exact) mass is 495 g/mol. The van der Waals surface area contributed by atoms with Crippen LogP contribution in [0.5, 0.6) is 0 Å². The Hall–Kier alpha value is -3.27. The van der Waals surface area contributed by atoms with Crippen molar-refractivity contribution in [1.29, 1.82) is 0 Å². The summed E-state index contributed by atoms with van der Waals surface area (Å²) in [6, 6.07) is 10.5. The Morgan fingerprint density at radius 2 is 1.77 bits per heavy atom. The number of carbonyl (C=O) groups excluding carboxylic acids is 1. The molecule has 184 valence electrons. The van der Waals surface area contributed by atoms with Crippen molar-refractivity contribution >= 4 is 21.6 Å². The molecule has 2 aliphatic rings. The van der Waals surface area contributed by atoms with Crippen molar-refractivity contribution < 1.29 is 17.7 Å². The molecule has 0 bridgehead atoms. The quantitative estimate of drug-likeness (QED) is 0.492. The summed E-state index contributed by atoms with van der Waals surface area (Å²) in [5.74, 6) is 2.59. The molecule has 2 fully saturated rings. The first-order valence-corrected chi connectivity index (χ1v) is 13.5. The van der Waals surface area contributed by atoms with Gasteiger partial charge in [-0.2, -0.15) is 4.98 Å². The first kappa shape index (κ1) is 23.5. The second kappa shape index (κ2) is 9.41. The summed E-state index contributed by atoms with van der Waals surface area (Å²) in [4.78, 5) is 26.2. The number of hydrogen-bond acceptors (Lipinski definition) is 8. The molecular formula is C25H29N5O4S. The van der Waals surface area contributed by atoms with Gasteiger partial charge in [-0.3, -0.25) is 4.79 Å². The number of rotatable bonds is 7. The van der Waals surface area contributed by atoms with Crippen molar-refractivity contribution in [1.82, 2.24) is 20.0 Å². The maximum absolute atomic E-state index is 12.8. The van der Waals surface area contributed by atoms with Crippen LogP contribution in [0, 0.1) is 0 Å². The van der Waals surface area contributed by atoms with E-state index in [2.05, 4.69) is 20.0 Å². The van der Waals surface area contributed by atoms with E-state index in [1.54, 1.807) is 44.3 Å². The second-order valence-electron chi connectivity index (χ2n) is 9.42. The molecular weight excluding hydrogens is 466 g/mol. The SMILES string of the molecule is CC(C)S(=O)(=O)c1ccc(CC(=O)N2CCN(c3ccc(-c4noc(C5CC5)n4)cn3)CC2)cc1. The van der Waals surface area contributed by atoms with Crippen molar-refractivity contribution in [3.05, 3.63) is 54.0 Å². The van der Waals surface area contributed by atoms with E-state index in [9.17, 15) is 13.2 Å². The number of hydrogen-bond donors (Lipinski definition) is 0. The zero-order chi connectivity index (χ0) is 24.6. The lowest BCUT2D eigenvalue weighted by molar-refractivity contribution is -0.130. The summed E-state index contributed by atoms with van der Waals surface area (Å²) < 4.78 is 29.9. The fourth-order valence-corrected chi connectivity index (χ4v) is 5.15. The van der Waals surface area contributed by atoms with Crippen LogP contribution in [0.3, 0.4) is 0 Å². The van der Waals surface area contributed by atoms with Crippen LogP contribution in [0.15, 0.2) is 52.0 Å². The van der Waals surface area contributed by atoms with E-state index in [0.717, 1.165) is 29.8 Å². The molecule has 1 saturated carbocycles. The van der Waals surface area contributed by atoms with Crippen LogP contribution in [0.1, 0.15) is 44.1 Å². The lowest BCUT2D eigenvalue weighted by Gasteiger charge is -2.35. The predicted molar refractivity (Wildman–Crippen MR) is 131 cm³/mol. The van der Waals surface area contributed by atoms with Crippen LogP contribution in [-0.2, 0) is 21.1 Å². The van der Waals surface area contributed by atoms with Gasteiger partial charge >= 0.3 is 0 Å². The first-order chi connectivity index (χ1) is 16.8. The minimum atomic E-state index is -3.31. The fourth-order valence-electron chi connectivity index (χ4n) is 4.09. The number of anilines is 1. The van der Waals surface area contributed by atoms with Crippen LogP contribution in [-0.4, -0.2) is 65.8 Å². The molecule has 0 spiro atoms. The standard InChI is InChI=1S/C25H29N5O4S/c1-17(2)35(32,33)21-8-3-18(4-9-21)15-23(31)30-13-11-29(12-14-30)22-10-7-20(16-26-22)24-27-25(34-28-24)19-5-6-19/h3-4,7-10,16-17,19H,5-6,11-15H2,1-2H3. The number of benzene rings is 1. The van der Waals surface area contributed by atoms with Crippen molar-refractivity contribution in [3.8, 4) is 11.4 Å². The molecule has 1 saturated heterocycles. The zero-order valence-electron chi connectivity index (χ0n) is 19.9. The third-order valence-electron chi connectivity index (χ3n) is 6.56. The predicted octanol–water partition coefficient (Wildman–Crippen LogP) is 3.08. The van der Waals surface area contributed by atoms with E-state index in [4.69, 9.17) is 4.52 Å². The minimum Gasteiger partial charge on any atom is -0.353 e. The fraction of sp³-hybridized carbons (Fsp3) is 0.440. The van der Waals surface area contributed by atoms with Gasteiger partial charge in [0.25, 0.3) is 0 Å². The van der Waals surface area contributed by atoms with Crippen LogP contribution in [0.4, 0.5) is 5.82 Å². The minimum absolute atomic E-state index is 0.0380. The molecule has 3 aromatic rings. The third kappa shape index (κ3) is 5.07. The lowest BCUT2D eigenvalue weighted by Crippen LogP contribution is -2.49. The summed E-state index contributed by atoms with van der Waals surface area (Å²) in [7, 11) is -3.31. The van der Waals surface area contributed by atoms with Crippen LogP contribution < -0.4 is 4.90 Å². The van der Waals surface area contributed by atoms with Gasteiger partial charge in [0.05, 0.1) is 16.6 Å². The molecule has 1 amide bonds. The van der Waals surface area contributed by atoms with Gasteiger partial charge in [0.15, 0.2) is 9.84 Å². The number of aromatic nitrogens is 3. The molecule has 0 unspecified atom stereocenters. The normalized spacial score (nSPS) is 16.7. The second-order valence-corrected chi connectivity index (χ2v) is 11.9. The van der Waals surface area contributed by atoms with Crippen molar-refractivity contribution in [2.24, 2.45) is 0 Å². The summed E-state index contributed by atoms with van der Waals surface area (Å²) in [5, 5.41) is 3.59. The molecule has 0 N–H and O–H groups in total. The number of pyridine rings is 1. The molecule has 0 radical (unpaired) electrons. The molecule has 1 aliphatic heterocycles. The highest BCUT2D eigenvalue weighted by Crippen LogP contribution is 2.39. The topological polar surface area (TPSA) is 110 Å². The molecule has 2 aromatic heterocycles. The maximum Gasteiger partial charge on any atom is 0.230 e. The van der Waals surface area contributed by atoms with Gasteiger partial charge in [0.1, 0.15) is 5.82 Å². The van der Waals surface area contributed by atoms with Gasteiger partial charge in [-0.25, -0.2) is 13.4 Å². The van der Waals surface area contributed by atoms with Gasteiger partial charge in [-0.1, -0.05) is 17.3 Å². The van der Waals surface area contributed by atoms with Gasteiger partial charge in [-0.05, 0) is 56.5 Å². The largest absolute Gasteiger partial charge is 0.353 e. The van der Waals surface area contributed by atoms with Gasteiger partial charge in [-0.15, -0.1) is 0 Å². The van der Waals surface area contributed by atoms with Crippen LogP contribution >= 0.6 is 0 Å². The summed E-state index contributed by atoms with van der Waals surface area (Å²) in [6.45, 7) is 5.92. The highest BCUT2D eigenvalue weighted by Gasteiger charge is 2.30. The molecule has 10 heteroatoms.